The van der Waals surface area contributed by atoms with Crippen LogP contribution >= 0.6 is 11.8 Å². The summed E-state index contributed by atoms with van der Waals surface area (Å²) in [5, 5.41) is 12.3. The first-order chi connectivity index (χ1) is 6.02. The van der Waals surface area contributed by atoms with Crippen molar-refractivity contribution in [2.45, 2.75) is 32.3 Å². The van der Waals surface area contributed by atoms with E-state index < -0.39 is 5.60 Å². The predicted octanol–water partition coefficient (Wildman–Crippen LogP) is 1.02. The van der Waals surface area contributed by atoms with Gasteiger partial charge in [0.2, 0.25) is 5.91 Å². The second-order valence-electron chi connectivity index (χ2n) is 3.37. The Bertz CT molecular complexity index is 160. The average Bonchev–Trinajstić information content (AvgIpc) is 2.11. The topological polar surface area (TPSA) is 49.3 Å². The molecule has 0 aliphatic carbocycles. The van der Waals surface area contributed by atoms with Gasteiger partial charge in [0, 0.05) is 18.7 Å². The van der Waals surface area contributed by atoms with Crippen molar-refractivity contribution in [3.8, 4) is 0 Å². The molecule has 0 heterocycles. The smallest absolute Gasteiger partial charge is 0.220 e. The molecule has 13 heavy (non-hydrogen) atoms. The van der Waals surface area contributed by atoms with E-state index in [1.165, 1.54) is 0 Å². The van der Waals surface area contributed by atoms with Gasteiger partial charge in [-0.3, -0.25) is 4.79 Å². The van der Waals surface area contributed by atoms with Gasteiger partial charge in [-0.2, -0.15) is 11.8 Å². The largest absolute Gasteiger partial charge is 0.388 e. The maximum atomic E-state index is 11.1. The standard InChI is InChI=1S/C9H19NO2S/c1-4-9(2,12)7-10-8(11)5-6-13-3/h12H,4-7H2,1-3H3,(H,10,11). The molecular weight excluding hydrogens is 186 g/mol. The first-order valence-corrected chi connectivity index (χ1v) is 5.89. The van der Waals surface area contributed by atoms with Gasteiger partial charge in [0.15, 0.2) is 0 Å². The lowest BCUT2D eigenvalue weighted by Crippen LogP contribution is -2.40. The van der Waals surface area contributed by atoms with Crippen LogP contribution in [0.5, 0.6) is 0 Å². The van der Waals surface area contributed by atoms with Crippen molar-refractivity contribution in [1.29, 1.82) is 0 Å². The molecule has 1 amide bonds. The van der Waals surface area contributed by atoms with Gasteiger partial charge >= 0.3 is 0 Å². The van der Waals surface area contributed by atoms with E-state index in [0.29, 0.717) is 19.4 Å². The Morgan fingerprint density at radius 3 is 2.69 bits per heavy atom. The molecule has 0 radical (unpaired) electrons. The van der Waals surface area contributed by atoms with Crippen molar-refractivity contribution < 1.29 is 9.90 Å². The quantitative estimate of drug-likeness (QED) is 0.680. The lowest BCUT2D eigenvalue weighted by molar-refractivity contribution is -0.121. The number of nitrogens with one attached hydrogen (secondary N) is 1. The summed E-state index contributed by atoms with van der Waals surface area (Å²) in [4.78, 5) is 11.1. The summed E-state index contributed by atoms with van der Waals surface area (Å²) >= 11 is 1.65. The average molecular weight is 205 g/mol. The van der Waals surface area contributed by atoms with Crippen LogP contribution in [0.15, 0.2) is 0 Å². The van der Waals surface area contributed by atoms with Crippen LogP contribution in [0, 0.1) is 0 Å². The fourth-order valence-electron chi connectivity index (χ4n) is 0.697. The van der Waals surface area contributed by atoms with Crippen molar-refractivity contribution in [1.82, 2.24) is 5.32 Å². The number of amides is 1. The minimum Gasteiger partial charge on any atom is -0.388 e. The molecule has 0 aromatic heterocycles. The first kappa shape index (κ1) is 12.8. The summed E-state index contributed by atoms with van der Waals surface area (Å²) in [5.74, 6) is 0.850. The summed E-state index contributed by atoms with van der Waals surface area (Å²) < 4.78 is 0. The fraction of sp³-hybridized carbons (Fsp3) is 0.889. The number of thioether (sulfide) groups is 1. The summed E-state index contributed by atoms with van der Waals surface area (Å²) in [6.07, 6.45) is 3.15. The molecule has 0 saturated heterocycles. The molecule has 1 unspecified atom stereocenters. The number of carbonyl (C=O) groups is 1. The van der Waals surface area contributed by atoms with Crippen LogP contribution < -0.4 is 5.32 Å². The third kappa shape index (κ3) is 6.90. The maximum absolute atomic E-state index is 11.1. The van der Waals surface area contributed by atoms with Crippen LogP contribution in [-0.4, -0.2) is 35.2 Å². The zero-order chi connectivity index (χ0) is 10.3. The van der Waals surface area contributed by atoms with Gasteiger partial charge in [-0.05, 0) is 19.6 Å². The van der Waals surface area contributed by atoms with Gasteiger partial charge in [-0.1, -0.05) is 6.92 Å². The molecule has 78 valence electrons. The molecule has 2 N–H and O–H groups in total. The van der Waals surface area contributed by atoms with Crippen LogP contribution in [0.4, 0.5) is 0 Å². The van der Waals surface area contributed by atoms with E-state index in [-0.39, 0.29) is 5.91 Å². The molecule has 4 heteroatoms. The van der Waals surface area contributed by atoms with E-state index in [4.69, 9.17) is 0 Å². The van der Waals surface area contributed by atoms with Crippen molar-refractivity contribution in [2.24, 2.45) is 0 Å². The predicted molar refractivity (Wildman–Crippen MR) is 56.9 cm³/mol. The van der Waals surface area contributed by atoms with Crippen molar-refractivity contribution in [3.05, 3.63) is 0 Å². The number of rotatable bonds is 6. The molecule has 0 aliphatic rings. The Morgan fingerprint density at radius 2 is 2.23 bits per heavy atom. The summed E-state index contributed by atoms with van der Waals surface area (Å²) in [7, 11) is 0. The SMILES string of the molecule is CCC(C)(O)CNC(=O)CCSC. The van der Waals surface area contributed by atoms with Crippen LogP contribution in [-0.2, 0) is 4.79 Å². The molecule has 0 rings (SSSR count). The van der Waals surface area contributed by atoms with Crippen LogP contribution in [0.1, 0.15) is 26.7 Å². The molecule has 0 saturated carbocycles. The lowest BCUT2D eigenvalue weighted by atomic mass is 10.0. The number of carbonyl (C=O) groups excluding carboxylic acids is 1. The Morgan fingerprint density at radius 1 is 1.62 bits per heavy atom. The van der Waals surface area contributed by atoms with E-state index in [0.717, 1.165) is 5.75 Å². The fourth-order valence-corrected chi connectivity index (χ4v) is 1.09. The van der Waals surface area contributed by atoms with Crippen molar-refractivity contribution in [2.75, 3.05) is 18.6 Å². The van der Waals surface area contributed by atoms with Gasteiger partial charge in [-0.25, -0.2) is 0 Å². The Hall–Kier alpha value is -0.220. The highest BCUT2D eigenvalue weighted by Crippen LogP contribution is 2.06. The van der Waals surface area contributed by atoms with Crippen LogP contribution in [0.25, 0.3) is 0 Å². The third-order valence-electron chi connectivity index (χ3n) is 1.96. The number of hydrogen-bond acceptors (Lipinski definition) is 3. The number of aliphatic hydroxyl groups is 1. The second-order valence-corrected chi connectivity index (χ2v) is 4.36. The lowest BCUT2D eigenvalue weighted by Gasteiger charge is -2.21. The Balaban J connectivity index is 3.57. The van der Waals surface area contributed by atoms with Gasteiger partial charge in [0.25, 0.3) is 0 Å². The van der Waals surface area contributed by atoms with Gasteiger partial charge < -0.3 is 10.4 Å². The first-order valence-electron chi connectivity index (χ1n) is 4.50. The van der Waals surface area contributed by atoms with E-state index in [1.54, 1.807) is 18.7 Å². The van der Waals surface area contributed by atoms with Crippen LogP contribution in [0.2, 0.25) is 0 Å². The molecule has 0 aliphatic heterocycles. The molecule has 0 bridgehead atoms. The summed E-state index contributed by atoms with van der Waals surface area (Å²) in [6, 6.07) is 0. The van der Waals surface area contributed by atoms with Crippen molar-refractivity contribution in [3.63, 3.8) is 0 Å². The monoisotopic (exact) mass is 205 g/mol. The molecular formula is C9H19NO2S. The zero-order valence-corrected chi connectivity index (χ0v) is 9.41. The minimum absolute atomic E-state index is 0.0167. The van der Waals surface area contributed by atoms with Crippen LogP contribution in [0.3, 0.4) is 0 Å². The summed E-state index contributed by atoms with van der Waals surface area (Å²) in [6.45, 7) is 3.96. The van der Waals surface area contributed by atoms with E-state index in [2.05, 4.69) is 5.32 Å². The highest BCUT2D eigenvalue weighted by atomic mass is 32.2. The highest BCUT2D eigenvalue weighted by Gasteiger charge is 2.17. The number of hydrogen-bond donors (Lipinski definition) is 2. The maximum Gasteiger partial charge on any atom is 0.220 e. The van der Waals surface area contributed by atoms with E-state index >= 15 is 0 Å². The third-order valence-corrected chi connectivity index (χ3v) is 2.57. The normalized spacial score (nSPS) is 15.1. The van der Waals surface area contributed by atoms with Gasteiger partial charge in [-0.15, -0.1) is 0 Å². The molecule has 0 fully saturated rings. The van der Waals surface area contributed by atoms with Crippen molar-refractivity contribution >= 4 is 17.7 Å². The molecule has 0 spiro atoms. The van der Waals surface area contributed by atoms with Gasteiger partial charge in [0.05, 0.1) is 5.60 Å². The molecule has 0 aromatic rings. The molecule has 0 aromatic carbocycles. The Labute approximate surface area is 84.3 Å². The minimum atomic E-state index is -0.769. The molecule has 1 atom stereocenters. The highest BCUT2D eigenvalue weighted by molar-refractivity contribution is 7.98. The summed E-state index contributed by atoms with van der Waals surface area (Å²) in [5.41, 5.74) is -0.769. The van der Waals surface area contributed by atoms with E-state index in [1.807, 2.05) is 13.2 Å². The second kappa shape index (κ2) is 6.27. The molecule has 3 nitrogen and oxygen atoms in total. The Kier molecular flexibility index (Phi) is 6.16. The van der Waals surface area contributed by atoms with E-state index in [9.17, 15) is 9.90 Å². The zero-order valence-electron chi connectivity index (χ0n) is 8.59. The van der Waals surface area contributed by atoms with Gasteiger partial charge in [0.1, 0.15) is 0 Å².